The molecule has 0 unspecified atom stereocenters. The van der Waals surface area contributed by atoms with Crippen LogP contribution in [0.2, 0.25) is 0 Å². The summed E-state index contributed by atoms with van der Waals surface area (Å²) in [6.45, 7) is 3.89. The maximum atomic E-state index is 7.43. The smallest absolute Gasteiger partial charge is 0.141 e. The summed E-state index contributed by atoms with van der Waals surface area (Å²) in [6.07, 6.45) is 1.70. The zero-order chi connectivity index (χ0) is 13.0. The van der Waals surface area contributed by atoms with Gasteiger partial charge in [-0.25, -0.2) is 0 Å². The van der Waals surface area contributed by atoms with Crippen LogP contribution in [0.1, 0.15) is 17.5 Å². The summed E-state index contributed by atoms with van der Waals surface area (Å²) in [5, 5.41) is 9.51. The van der Waals surface area contributed by atoms with Gasteiger partial charge in [-0.15, -0.1) is 11.3 Å². The fourth-order valence-corrected chi connectivity index (χ4v) is 2.46. The Morgan fingerprint density at radius 2 is 2.33 bits per heavy atom. The molecule has 0 saturated heterocycles. The molecule has 2 rings (SSSR count). The molecule has 0 aliphatic carbocycles. The minimum absolute atomic E-state index is 0.00373. The van der Waals surface area contributed by atoms with Crippen LogP contribution in [0.15, 0.2) is 35.8 Å². The first-order valence-electron chi connectivity index (χ1n) is 5.78. The third-order valence-corrected chi connectivity index (χ3v) is 3.55. The molecule has 0 radical (unpaired) electrons. The molecule has 0 atom stereocenters. The molecule has 0 aliphatic rings. The Labute approximate surface area is 111 Å². The number of hydrogen-bond donors (Lipinski definition) is 2. The van der Waals surface area contributed by atoms with Crippen LogP contribution in [-0.2, 0) is 6.54 Å². The number of nitrogens with zero attached hydrogens (tertiary/aromatic N) is 2. The number of pyridine rings is 1. The van der Waals surface area contributed by atoms with E-state index >= 15 is 0 Å². The van der Waals surface area contributed by atoms with Crippen LogP contribution >= 0.6 is 11.3 Å². The molecule has 0 aliphatic heterocycles. The Hall–Kier alpha value is -1.88. The Kier molecular flexibility index (Phi) is 3.94. The summed E-state index contributed by atoms with van der Waals surface area (Å²) in [4.78, 5) is 7.63. The Morgan fingerprint density at radius 3 is 2.94 bits per heavy atom. The number of aromatic nitrogens is 1. The van der Waals surface area contributed by atoms with Crippen molar-refractivity contribution in [2.24, 2.45) is 5.73 Å². The van der Waals surface area contributed by atoms with Gasteiger partial charge in [-0.1, -0.05) is 6.07 Å². The van der Waals surface area contributed by atoms with Gasteiger partial charge in [0, 0.05) is 23.3 Å². The van der Waals surface area contributed by atoms with Gasteiger partial charge in [0.25, 0.3) is 0 Å². The fraction of sp³-hybridized carbons (Fsp3) is 0.231. The topological polar surface area (TPSA) is 66.0 Å². The van der Waals surface area contributed by atoms with E-state index in [1.165, 1.54) is 4.88 Å². The third kappa shape index (κ3) is 2.87. The zero-order valence-corrected chi connectivity index (χ0v) is 11.1. The number of nitrogen functional groups attached to an aromatic ring is 1. The van der Waals surface area contributed by atoms with Crippen molar-refractivity contribution in [3.8, 4) is 0 Å². The number of hydrogen-bond acceptors (Lipinski definition) is 4. The molecule has 0 saturated carbocycles. The second-order valence-corrected chi connectivity index (χ2v) is 4.94. The number of amidine groups is 1. The number of rotatable bonds is 5. The number of nitrogens with one attached hydrogen (secondary N) is 1. The maximum absolute atomic E-state index is 7.43. The average molecular weight is 260 g/mol. The fourth-order valence-electron chi connectivity index (χ4n) is 1.74. The number of thiophene rings is 1. The number of nitrogens with two attached hydrogens (primary N) is 1. The van der Waals surface area contributed by atoms with E-state index in [0.717, 1.165) is 18.8 Å². The molecule has 3 N–H and O–H groups in total. The summed E-state index contributed by atoms with van der Waals surface area (Å²) in [6, 6.07) is 7.99. The predicted molar refractivity (Wildman–Crippen MR) is 76.3 cm³/mol. The lowest BCUT2D eigenvalue weighted by Crippen LogP contribution is -2.22. The van der Waals surface area contributed by atoms with Gasteiger partial charge in [-0.05, 0) is 30.5 Å². The Bertz CT molecular complexity index is 522. The highest BCUT2D eigenvalue weighted by atomic mass is 32.1. The van der Waals surface area contributed by atoms with Crippen molar-refractivity contribution in [3.05, 3.63) is 46.4 Å². The van der Waals surface area contributed by atoms with E-state index in [0.29, 0.717) is 5.69 Å². The quantitative estimate of drug-likeness (QED) is 0.641. The van der Waals surface area contributed by atoms with Gasteiger partial charge in [0.05, 0.1) is 6.54 Å². The van der Waals surface area contributed by atoms with Crippen molar-refractivity contribution in [3.63, 3.8) is 0 Å². The highest BCUT2D eigenvalue weighted by Crippen LogP contribution is 2.19. The average Bonchev–Trinajstić information content (AvgIpc) is 2.89. The molecule has 0 bridgehead atoms. The van der Waals surface area contributed by atoms with E-state index in [4.69, 9.17) is 11.1 Å². The number of anilines is 1. The SMILES string of the molecule is CCN(Cc1cccs1)c1ccnc(C(=N)N)c1. The van der Waals surface area contributed by atoms with Crippen molar-refractivity contribution in [1.82, 2.24) is 4.98 Å². The van der Waals surface area contributed by atoms with Crippen LogP contribution in [0.25, 0.3) is 0 Å². The molecule has 2 heterocycles. The first-order valence-corrected chi connectivity index (χ1v) is 6.66. The molecule has 0 spiro atoms. The van der Waals surface area contributed by atoms with Crippen LogP contribution in [-0.4, -0.2) is 17.4 Å². The minimum Gasteiger partial charge on any atom is -0.382 e. The normalized spacial score (nSPS) is 10.3. The first-order chi connectivity index (χ1) is 8.70. The van der Waals surface area contributed by atoms with E-state index in [-0.39, 0.29) is 5.84 Å². The predicted octanol–water partition coefficient (Wildman–Crippen LogP) is 2.45. The molecular weight excluding hydrogens is 244 g/mol. The van der Waals surface area contributed by atoms with Crippen molar-refractivity contribution in [2.75, 3.05) is 11.4 Å². The van der Waals surface area contributed by atoms with Crippen LogP contribution in [0.4, 0.5) is 5.69 Å². The Morgan fingerprint density at radius 1 is 1.50 bits per heavy atom. The molecule has 18 heavy (non-hydrogen) atoms. The second-order valence-electron chi connectivity index (χ2n) is 3.91. The second kappa shape index (κ2) is 5.64. The third-order valence-electron chi connectivity index (χ3n) is 2.69. The Balaban J connectivity index is 2.21. The lowest BCUT2D eigenvalue weighted by molar-refractivity contribution is 0.840. The van der Waals surface area contributed by atoms with E-state index in [1.807, 2.05) is 12.1 Å². The molecule has 5 heteroatoms. The zero-order valence-electron chi connectivity index (χ0n) is 10.3. The summed E-state index contributed by atoms with van der Waals surface area (Å²) < 4.78 is 0. The lowest BCUT2D eigenvalue weighted by atomic mass is 10.2. The first kappa shape index (κ1) is 12.6. The summed E-state index contributed by atoms with van der Waals surface area (Å²) in [7, 11) is 0. The summed E-state index contributed by atoms with van der Waals surface area (Å²) in [5.74, 6) is 0.00373. The molecule has 4 nitrogen and oxygen atoms in total. The van der Waals surface area contributed by atoms with Crippen LogP contribution in [0.3, 0.4) is 0 Å². The van der Waals surface area contributed by atoms with E-state index < -0.39 is 0 Å². The van der Waals surface area contributed by atoms with E-state index in [9.17, 15) is 0 Å². The van der Waals surface area contributed by atoms with Crippen molar-refractivity contribution in [2.45, 2.75) is 13.5 Å². The molecule has 0 fully saturated rings. The summed E-state index contributed by atoms with van der Waals surface area (Å²) >= 11 is 1.75. The van der Waals surface area contributed by atoms with Gasteiger partial charge in [-0.2, -0.15) is 0 Å². The minimum atomic E-state index is 0.00373. The van der Waals surface area contributed by atoms with Gasteiger partial charge < -0.3 is 10.6 Å². The van der Waals surface area contributed by atoms with Crippen LogP contribution in [0, 0.1) is 5.41 Å². The maximum Gasteiger partial charge on any atom is 0.141 e. The lowest BCUT2D eigenvalue weighted by Gasteiger charge is -2.22. The van der Waals surface area contributed by atoms with E-state index in [2.05, 4.69) is 34.3 Å². The molecule has 0 aromatic carbocycles. The van der Waals surface area contributed by atoms with Gasteiger partial charge >= 0.3 is 0 Å². The molecule has 94 valence electrons. The highest BCUT2D eigenvalue weighted by Gasteiger charge is 2.08. The highest BCUT2D eigenvalue weighted by molar-refractivity contribution is 7.09. The molecule has 0 amide bonds. The van der Waals surface area contributed by atoms with Crippen molar-refractivity contribution >= 4 is 22.9 Å². The monoisotopic (exact) mass is 260 g/mol. The molecular formula is C13H16N4S. The van der Waals surface area contributed by atoms with E-state index in [1.54, 1.807) is 17.5 Å². The van der Waals surface area contributed by atoms with Gasteiger partial charge in [0.2, 0.25) is 0 Å². The largest absolute Gasteiger partial charge is 0.382 e. The van der Waals surface area contributed by atoms with Gasteiger partial charge in [0.1, 0.15) is 11.5 Å². The van der Waals surface area contributed by atoms with Crippen LogP contribution in [0.5, 0.6) is 0 Å². The summed E-state index contributed by atoms with van der Waals surface area (Å²) in [5.41, 5.74) is 7.04. The molecule has 2 aromatic heterocycles. The van der Waals surface area contributed by atoms with Crippen LogP contribution < -0.4 is 10.6 Å². The standard InChI is InChI=1S/C13H16N4S/c1-2-17(9-11-4-3-7-18-11)10-5-6-16-12(8-10)13(14)15/h3-8H,2,9H2,1H3,(H3,14,15). The van der Waals surface area contributed by atoms with Gasteiger partial charge in [0.15, 0.2) is 0 Å². The van der Waals surface area contributed by atoms with Crippen molar-refractivity contribution < 1.29 is 0 Å². The van der Waals surface area contributed by atoms with Crippen molar-refractivity contribution in [1.29, 1.82) is 5.41 Å². The molecule has 2 aromatic rings. The van der Waals surface area contributed by atoms with Gasteiger partial charge in [-0.3, -0.25) is 10.4 Å².